The maximum atomic E-state index is 12.9. The summed E-state index contributed by atoms with van der Waals surface area (Å²) in [5.74, 6) is -0.0863. The van der Waals surface area contributed by atoms with Crippen LogP contribution in [-0.4, -0.2) is 11.4 Å². The first kappa shape index (κ1) is 16.3. The first-order valence-electron chi connectivity index (χ1n) is 8.26. The molecule has 0 saturated carbocycles. The number of hydrogen-bond donors (Lipinski definition) is 2. The van der Waals surface area contributed by atoms with Crippen molar-refractivity contribution in [3.8, 4) is 0 Å². The van der Waals surface area contributed by atoms with Crippen molar-refractivity contribution in [3.63, 3.8) is 0 Å². The molecule has 0 bridgehead atoms. The van der Waals surface area contributed by atoms with Crippen molar-refractivity contribution in [2.45, 2.75) is 40.2 Å². The maximum absolute atomic E-state index is 12.9. The van der Waals surface area contributed by atoms with Crippen LogP contribution in [0.1, 0.15) is 47.8 Å². The molecule has 1 amide bonds. The smallest absolute Gasteiger partial charge is 0.257 e. The molecule has 3 nitrogen and oxygen atoms in total. The Hall–Kier alpha value is -2.55. The number of carbonyl (C=O) groups is 1. The van der Waals surface area contributed by atoms with Crippen LogP contribution in [0.4, 0.5) is 11.4 Å². The Morgan fingerprint density at radius 3 is 2.33 bits per heavy atom. The van der Waals surface area contributed by atoms with Gasteiger partial charge in [0.05, 0.1) is 16.8 Å². The predicted octanol–water partition coefficient (Wildman–Crippen LogP) is 5.16. The van der Waals surface area contributed by atoms with E-state index in [1.54, 1.807) is 0 Å². The van der Waals surface area contributed by atoms with Crippen LogP contribution < -0.4 is 10.6 Å². The first-order chi connectivity index (χ1) is 11.2. The minimum absolute atomic E-state index is 0.0863. The van der Waals surface area contributed by atoms with Crippen LogP contribution in [0.15, 0.2) is 42.5 Å². The molecule has 0 fully saturated rings. The highest BCUT2D eigenvalue weighted by atomic mass is 16.1. The lowest BCUT2D eigenvalue weighted by molar-refractivity contribution is 0.102. The highest BCUT2D eigenvalue weighted by Gasteiger charge is 2.26. The molecular weight excluding hydrogens is 296 g/mol. The fourth-order valence-electron chi connectivity index (χ4n) is 3.22. The van der Waals surface area contributed by atoms with E-state index >= 15 is 0 Å². The molecular formula is C21H24N2O. The van der Waals surface area contributed by atoms with Gasteiger partial charge in [-0.25, -0.2) is 0 Å². The van der Waals surface area contributed by atoms with E-state index in [-0.39, 0.29) is 11.4 Å². The standard InChI is InChI=1S/C21H24N2O/c1-13-6-8-16(9-7-13)22-20(24)18-11-14(2)10-17-15(3)12-21(4,5)23-19(17)18/h6-12,23H,1-5H3,(H,22,24). The van der Waals surface area contributed by atoms with Gasteiger partial charge in [-0.05, 0) is 70.0 Å². The number of amides is 1. The van der Waals surface area contributed by atoms with Gasteiger partial charge in [0.2, 0.25) is 0 Å². The van der Waals surface area contributed by atoms with Crippen molar-refractivity contribution < 1.29 is 4.79 Å². The van der Waals surface area contributed by atoms with Crippen LogP contribution in [0.2, 0.25) is 0 Å². The zero-order valence-corrected chi connectivity index (χ0v) is 14.9. The summed E-state index contributed by atoms with van der Waals surface area (Å²) in [4.78, 5) is 12.9. The normalized spacial score (nSPS) is 15.1. The molecule has 0 aliphatic carbocycles. The lowest BCUT2D eigenvalue weighted by atomic mass is 9.88. The zero-order chi connectivity index (χ0) is 17.5. The van der Waals surface area contributed by atoms with E-state index in [1.165, 1.54) is 11.1 Å². The quantitative estimate of drug-likeness (QED) is 0.802. The number of rotatable bonds is 2. The summed E-state index contributed by atoms with van der Waals surface area (Å²) in [7, 11) is 0. The highest BCUT2D eigenvalue weighted by molar-refractivity contribution is 6.10. The Labute approximate surface area is 143 Å². The van der Waals surface area contributed by atoms with Gasteiger partial charge in [0, 0.05) is 11.3 Å². The molecule has 24 heavy (non-hydrogen) atoms. The van der Waals surface area contributed by atoms with E-state index in [2.05, 4.69) is 43.5 Å². The van der Waals surface area contributed by atoms with E-state index in [0.29, 0.717) is 5.56 Å². The van der Waals surface area contributed by atoms with Crippen molar-refractivity contribution in [1.82, 2.24) is 0 Å². The maximum Gasteiger partial charge on any atom is 0.257 e. The number of anilines is 2. The van der Waals surface area contributed by atoms with Crippen molar-refractivity contribution >= 4 is 22.9 Å². The summed E-state index contributed by atoms with van der Waals surface area (Å²) >= 11 is 0. The van der Waals surface area contributed by atoms with Gasteiger partial charge in [-0.3, -0.25) is 4.79 Å². The van der Waals surface area contributed by atoms with Crippen LogP contribution in [0.3, 0.4) is 0 Å². The number of allylic oxidation sites excluding steroid dienone is 1. The number of nitrogens with one attached hydrogen (secondary N) is 2. The Morgan fingerprint density at radius 1 is 1.00 bits per heavy atom. The topological polar surface area (TPSA) is 41.1 Å². The molecule has 2 N–H and O–H groups in total. The van der Waals surface area contributed by atoms with Crippen LogP contribution in [-0.2, 0) is 0 Å². The number of fused-ring (bicyclic) bond motifs is 1. The highest BCUT2D eigenvalue weighted by Crippen LogP contribution is 2.37. The Morgan fingerprint density at radius 2 is 1.67 bits per heavy atom. The fraction of sp³-hybridized carbons (Fsp3) is 0.286. The summed E-state index contributed by atoms with van der Waals surface area (Å²) < 4.78 is 0. The molecule has 0 unspecified atom stereocenters. The van der Waals surface area contributed by atoms with Gasteiger partial charge >= 0.3 is 0 Å². The Balaban J connectivity index is 2.01. The second-order valence-corrected chi connectivity index (χ2v) is 7.23. The molecule has 1 aliphatic rings. The van der Waals surface area contributed by atoms with Gasteiger partial charge in [-0.15, -0.1) is 0 Å². The van der Waals surface area contributed by atoms with E-state index in [1.807, 2.05) is 44.2 Å². The average Bonchev–Trinajstić information content (AvgIpc) is 2.49. The third kappa shape index (κ3) is 3.21. The molecule has 3 heteroatoms. The van der Waals surface area contributed by atoms with E-state index in [0.717, 1.165) is 22.5 Å². The second-order valence-electron chi connectivity index (χ2n) is 7.23. The molecule has 0 aromatic heterocycles. The third-order valence-electron chi connectivity index (χ3n) is 4.29. The number of hydrogen-bond acceptors (Lipinski definition) is 2. The molecule has 1 heterocycles. The zero-order valence-electron chi connectivity index (χ0n) is 14.9. The van der Waals surface area contributed by atoms with Crippen molar-refractivity contribution in [2.24, 2.45) is 0 Å². The lowest BCUT2D eigenvalue weighted by Crippen LogP contribution is -2.33. The molecule has 124 valence electrons. The minimum Gasteiger partial charge on any atom is -0.376 e. The Bertz CT molecular complexity index is 830. The van der Waals surface area contributed by atoms with Crippen LogP contribution in [0.25, 0.3) is 5.57 Å². The van der Waals surface area contributed by atoms with E-state index in [9.17, 15) is 4.79 Å². The minimum atomic E-state index is -0.175. The molecule has 3 rings (SSSR count). The first-order valence-corrected chi connectivity index (χ1v) is 8.26. The summed E-state index contributed by atoms with van der Waals surface area (Å²) in [6, 6.07) is 11.9. The second kappa shape index (κ2) is 5.82. The average molecular weight is 320 g/mol. The largest absolute Gasteiger partial charge is 0.376 e. The van der Waals surface area contributed by atoms with Gasteiger partial charge in [0.1, 0.15) is 0 Å². The molecule has 1 aliphatic heterocycles. The van der Waals surface area contributed by atoms with Crippen molar-refractivity contribution in [3.05, 3.63) is 64.7 Å². The lowest BCUT2D eigenvalue weighted by Gasteiger charge is -2.33. The van der Waals surface area contributed by atoms with Crippen LogP contribution in [0.5, 0.6) is 0 Å². The Kier molecular flexibility index (Phi) is 3.96. The predicted molar refractivity (Wildman–Crippen MR) is 102 cm³/mol. The van der Waals surface area contributed by atoms with Gasteiger partial charge in [0.25, 0.3) is 5.91 Å². The summed E-state index contributed by atoms with van der Waals surface area (Å²) in [5, 5.41) is 6.51. The molecule has 0 saturated heterocycles. The van der Waals surface area contributed by atoms with Crippen LogP contribution >= 0.6 is 0 Å². The molecule has 2 aromatic rings. The molecule has 0 spiro atoms. The SMILES string of the molecule is CC1=CC(C)(C)Nc2c(C(=O)Nc3ccc(C)cc3)cc(C)cc21. The van der Waals surface area contributed by atoms with Crippen LogP contribution in [0, 0.1) is 13.8 Å². The third-order valence-corrected chi connectivity index (χ3v) is 4.29. The number of benzene rings is 2. The van der Waals surface area contributed by atoms with E-state index in [4.69, 9.17) is 0 Å². The fourth-order valence-corrected chi connectivity index (χ4v) is 3.22. The van der Waals surface area contributed by atoms with Gasteiger partial charge in [-0.2, -0.15) is 0 Å². The van der Waals surface area contributed by atoms with E-state index < -0.39 is 0 Å². The molecule has 0 atom stereocenters. The van der Waals surface area contributed by atoms with Gasteiger partial charge in [-0.1, -0.05) is 23.8 Å². The van der Waals surface area contributed by atoms with Gasteiger partial charge in [0.15, 0.2) is 0 Å². The molecule has 0 radical (unpaired) electrons. The monoisotopic (exact) mass is 320 g/mol. The summed E-state index contributed by atoms with van der Waals surface area (Å²) in [5.41, 5.74) is 6.78. The number of carbonyl (C=O) groups excluding carboxylic acids is 1. The molecule has 2 aromatic carbocycles. The van der Waals surface area contributed by atoms with Crippen molar-refractivity contribution in [2.75, 3.05) is 10.6 Å². The van der Waals surface area contributed by atoms with Crippen molar-refractivity contribution in [1.29, 1.82) is 0 Å². The number of aryl methyl sites for hydroxylation is 2. The summed E-state index contributed by atoms with van der Waals surface area (Å²) in [6.45, 7) is 10.4. The summed E-state index contributed by atoms with van der Waals surface area (Å²) in [6.07, 6.45) is 2.20. The van der Waals surface area contributed by atoms with Gasteiger partial charge < -0.3 is 10.6 Å².